The van der Waals surface area contributed by atoms with E-state index in [1.54, 1.807) is 11.8 Å². The monoisotopic (exact) mass is 407 g/mol. The molecule has 4 nitrogen and oxygen atoms in total. The van der Waals surface area contributed by atoms with Gasteiger partial charge in [-0.05, 0) is 48.5 Å². The van der Waals surface area contributed by atoms with E-state index in [1.807, 2.05) is 24.3 Å². The van der Waals surface area contributed by atoms with E-state index in [9.17, 15) is 9.59 Å². The van der Waals surface area contributed by atoms with Crippen LogP contribution in [0.25, 0.3) is 0 Å². The Hall–Kier alpha value is -2.70. The molecule has 2 aliphatic heterocycles. The molecule has 0 N–H and O–H groups in total. The van der Waals surface area contributed by atoms with Crippen LogP contribution in [0.3, 0.4) is 0 Å². The van der Waals surface area contributed by atoms with Crippen LogP contribution in [-0.4, -0.2) is 18.0 Å². The highest BCUT2D eigenvalue weighted by atomic mass is 32.2. The summed E-state index contributed by atoms with van der Waals surface area (Å²) in [5.41, 5.74) is 0. The van der Waals surface area contributed by atoms with Crippen molar-refractivity contribution in [3.63, 3.8) is 0 Å². The highest BCUT2D eigenvalue weighted by molar-refractivity contribution is 8.04. The highest BCUT2D eigenvalue weighted by Gasteiger charge is 2.38. The summed E-state index contributed by atoms with van der Waals surface area (Å²) in [5.74, 6) is -0.610. The number of esters is 2. The summed E-state index contributed by atoms with van der Waals surface area (Å²) in [4.78, 5) is 29.2. The molecule has 6 heteroatoms. The van der Waals surface area contributed by atoms with Crippen molar-refractivity contribution < 1.29 is 19.1 Å². The van der Waals surface area contributed by atoms with Gasteiger partial charge < -0.3 is 9.47 Å². The van der Waals surface area contributed by atoms with Crippen molar-refractivity contribution in [1.29, 1.82) is 0 Å². The third-order valence-corrected chi connectivity index (χ3v) is 8.27. The van der Waals surface area contributed by atoms with Crippen molar-refractivity contribution in [2.24, 2.45) is 0 Å². The van der Waals surface area contributed by atoms with Crippen molar-refractivity contribution in [1.82, 2.24) is 0 Å². The lowest BCUT2D eigenvalue weighted by atomic mass is 10.3. The number of ether oxygens (including phenoxy) is 2. The van der Waals surface area contributed by atoms with Crippen LogP contribution in [0, 0.1) is 0 Å². The summed E-state index contributed by atoms with van der Waals surface area (Å²) in [7, 11) is -0.205. The van der Waals surface area contributed by atoms with Crippen LogP contribution in [0.5, 0.6) is 5.75 Å². The van der Waals surface area contributed by atoms with Crippen molar-refractivity contribution in [2.45, 2.75) is 37.0 Å². The second-order valence-electron chi connectivity index (χ2n) is 6.38. The van der Waals surface area contributed by atoms with Gasteiger partial charge in [-0.2, -0.15) is 0 Å². The molecule has 1 atom stereocenters. The molecule has 0 spiro atoms. The predicted molar refractivity (Wildman–Crippen MR) is 106 cm³/mol. The third kappa shape index (κ3) is 3.08. The van der Waals surface area contributed by atoms with E-state index in [1.165, 1.54) is 24.5 Å². The molecule has 3 aromatic rings. The lowest BCUT2D eigenvalue weighted by Gasteiger charge is -2.19. The standard InChI is InChI=1S/C22H15O4S2/c23-21-13-16(22(24)26-21)25-14-9-11-15(12-10-14)28-19-7-3-1-5-17(19)27-18-6-2-4-8-20(18)28/h1-12,16H,13H2/q+1. The fraction of sp³-hybridized carbons (Fsp3) is 0.0909. The van der Waals surface area contributed by atoms with Gasteiger partial charge in [0.15, 0.2) is 14.7 Å². The second-order valence-corrected chi connectivity index (χ2v) is 9.42. The number of carbonyl (C=O) groups excluding carboxylic acids is 2. The second kappa shape index (κ2) is 7.04. The van der Waals surface area contributed by atoms with Gasteiger partial charge in [0.05, 0.1) is 16.2 Å². The minimum absolute atomic E-state index is 0.0388. The molecular weight excluding hydrogens is 392 g/mol. The summed E-state index contributed by atoms with van der Waals surface area (Å²) >= 11 is 1.80. The lowest BCUT2D eigenvalue weighted by molar-refractivity contribution is -0.154. The van der Waals surface area contributed by atoms with Crippen molar-refractivity contribution in [3.8, 4) is 5.75 Å². The fourth-order valence-corrected chi connectivity index (χ4v) is 7.00. The molecule has 0 aromatic heterocycles. The Balaban J connectivity index is 1.48. The summed E-state index contributed by atoms with van der Waals surface area (Å²) in [6.45, 7) is 0. The van der Waals surface area contributed by atoms with E-state index in [0.29, 0.717) is 5.75 Å². The molecule has 1 unspecified atom stereocenters. The predicted octanol–water partition coefficient (Wildman–Crippen LogP) is 4.47. The zero-order chi connectivity index (χ0) is 19.1. The number of cyclic esters (lactones) is 2. The van der Waals surface area contributed by atoms with Gasteiger partial charge >= 0.3 is 11.9 Å². The third-order valence-electron chi connectivity index (χ3n) is 4.53. The lowest BCUT2D eigenvalue weighted by Crippen LogP contribution is -2.21. The quantitative estimate of drug-likeness (QED) is 0.285. The zero-order valence-corrected chi connectivity index (χ0v) is 16.3. The first-order chi connectivity index (χ1) is 13.7. The Morgan fingerprint density at radius 3 is 2.04 bits per heavy atom. The van der Waals surface area contributed by atoms with E-state index >= 15 is 0 Å². The molecule has 0 saturated carbocycles. The molecule has 0 bridgehead atoms. The van der Waals surface area contributed by atoms with Crippen LogP contribution in [0.15, 0.2) is 97.3 Å². The van der Waals surface area contributed by atoms with E-state index in [-0.39, 0.29) is 17.3 Å². The maximum atomic E-state index is 11.6. The van der Waals surface area contributed by atoms with Gasteiger partial charge in [0.2, 0.25) is 6.10 Å². The summed E-state index contributed by atoms with van der Waals surface area (Å²) in [5, 5.41) is 0. The van der Waals surface area contributed by atoms with Crippen LogP contribution < -0.4 is 4.74 Å². The Labute approximate surface area is 169 Å². The van der Waals surface area contributed by atoms with Crippen LogP contribution in [0.4, 0.5) is 0 Å². The molecule has 1 fully saturated rings. The Morgan fingerprint density at radius 1 is 0.857 bits per heavy atom. The molecule has 2 heterocycles. The zero-order valence-electron chi connectivity index (χ0n) is 14.7. The van der Waals surface area contributed by atoms with Gasteiger partial charge in [-0.3, -0.25) is 4.79 Å². The van der Waals surface area contributed by atoms with Gasteiger partial charge in [0.25, 0.3) is 0 Å². The molecule has 3 aromatic carbocycles. The van der Waals surface area contributed by atoms with Crippen LogP contribution in [0.1, 0.15) is 6.42 Å². The molecule has 28 heavy (non-hydrogen) atoms. The van der Waals surface area contributed by atoms with Gasteiger partial charge in [0, 0.05) is 0 Å². The summed E-state index contributed by atoms with van der Waals surface area (Å²) < 4.78 is 10.2. The highest BCUT2D eigenvalue weighted by Crippen LogP contribution is 2.48. The minimum atomic E-state index is -0.853. The van der Waals surface area contributed by atoms with E-state index < -0.39 is 18.0 Å². The fourth-order valence-electron chi connectivity index (χ4n) is 3.26. The van der Waals surface area contributed by atoms with Crippen molar-refractivity contribution >= 4 is 34.6 Å². The van der Waals surface area contributed by atoms with Gasteiger partial charge in [-0.25, -0.2) is 4.79 Å². The normalized spacial score (nSPS) is 18.4. The number of hydrogen-bond acceptors (Lipinski definition) is 5. The average Bonchev–Trinajstić information content (AvgIpc) is 3.03. The number of rotatable bonds is 3. The molecule has 5 rings (SSSR count). The first-order valence-corrected chi connectivity index (χ1v) is 10.8. The molecule has 0 aliphatic carbocycles. The molecule has 138 valence electrons. The molecular formula is C22H15O4S2+. The number of hydrogen-bond donors (Lipinski definition) is 0. The van der Waals surface area contributed by atoms with Crippen LogP contribution in [0.2, 0.25) is 0 Å². The van der Waals surface area contributed by atoms with E-state index in [2.05, 4.69) is 53.3 Å². The number of fused-ring (bicyclic) bond motifs is 2. The summed E-state index contributed by atoms with van der Waals surface area (Å²) in [6.07, 6.45) is -0.892. The SMILES string of the molecule is O=C1CC(Oc2ccc([S+]3c4ccccc4Sc4ccccc43)cc2)C(=O)O1. The maximum absolute atomic E-state index is 11.6. The average molecular weight is 407 g/mol. The van der Waals surface area contributed by atoms with Crippen LogP contribution >= 0.6 is 11.8 Å². The number of benzene rings is 3. The topological polar surface area (TPSA) is 52.6 Å². The molecule has 0 radical (unpaired) electrons. The first kappa shape index (κ1) is 17.4. The maximum Gasteiger partial charge on any atom is 0.355 e. The van der Waals surface area contributed by atoms with Gasteiger partial charge in [0.1, 0.15) is 16.6 Å². The van der Waals surface area contributed by atoms with Crippen LogP contribution in [-0.2, 0) is 25.2 Å². The Bertz CT molecular complexity index is 1030. The largest absolute Gasteiger partial charge is 0.478 e. The first-order valence-electron chi connectivity index (χ1n) is 8.80. The van der Waals surface area contributed by atoms with Gasteiger partial charge in [-0.15, -0.1) is 0 Å². The Kier molecular flexibility index (Phi) is 4.37. The Morgan fingerprint density at radius 2 is 1.46 bits per heavy atom. The van der Waals surface area contributed by atoms with Crippen molar-refractivity contribution in [2.75, 3.05) is 0 Å². The van der Waals surface area contributed by atoms with E-state index in [4.69, 9.17) is 4.74 Å². The van der Waals surface area contributed by atoms with Gasteiger partial charge in [-0.1, -0.05) is 36.0 Å². The molecule has 1 saturated heterocycles. The molecule has 2 aliphatic rings. The number of carbonyl (C=O) groups is 2. The smallest absolute Gasteiger partial charge is 0.355 e. The van der Waals surface area contributed by atoms with E-state index in [0.717, 1.165) is 0 Å². The molecule has 0 amide bonds. The van der Waals surface area contributed by atoms with Crippen molar-refractivity contribution in [3.05, 3.63) is 72.8 Å². The minimum Gasteiger partial charge on any atom is -0.478 e. The summed E-state index contributed by atoms with van der Waals surface area (Å²) in [6, 6.07) is 24.8.